The van der Waals surface area contributed by atoms with Crippen LogP contribution in [0.4, 0.5) is 13.2 Å². The lowest BCUT2D eigenvalue weighted by Gasteiger charge is -2.22. The predicted octanol–water partition coefficient (Wildman–Crippen LogP) is 6.56. The van der Waals surface area contributed by atoms with E-state index in [1.165, 1.54) is 27.8 Å². The van der Waals surface area contributed by atoms with Gasteiger partial charge in [0, 0.05) is 17.8 Å². The molecule has 0 aliphatic carbocycles. The summed E-state index contributed by atoms with van der Waals surface area (Å²) in [7, 11) is -3.79. The van der Waals surface area contributed by atoms with E-state index in [0.717, 1.165) is 51.8 Å². The lowest BCUT2D eigenvalue weighted by Crippen LogP contribution is -2.45. The summed E-state index contributed by atoms with van der Waals surface area (Å²) in [5.74, 6) is -0.310. The fourth-order valence-corrected chi connectivity index (χ4v) is 8.23. The number of hydrogen-bond donors (Lipinski definition) is 1. The Morgan fingerprint density at radius 2 is 1.65 bits per heavy atom. The number of hydrogen-bond acceptors (Lipinski definition) is 4. The van der Waals surface area contributed by atoms with Crippen molar-refractivity contribution in [2.75, 3.05) is 6.54 Å². The summed E-state index contributed by atoms with van der Waals surface area (Å²) in [5.41, 5.74) is 2.17. The van der Waals surface area contributed by atoms with E-state index in [1.54, 1.807) is 6.07 Å². The zero-order valence-corrected chi connectivity index (χ0v) is 23.3. The highest BCUT2D eigenvalue weighted by Crippen LogP contribution is 2.34. The average molecular weight is 587 g/mol. The van der Waals surface area contributed by atoms with Crippen molar-refractivity contribution in [3.05, 3.63) is 101 Å². The number of fused-ring (bicyclic) bond motifs is 1. The standard InChI is InChI=1S/C30H29F3N2O3S2/c31-30(32,33)25-15-13-21(14-16-25)6-3-7-22-8-4-9-23(18-22)20-34-29(36)26-11-5-17-35(26)40(37,38)28-19-24-10-1-2-12-27(24)39-28/h1-2,4,8-10,12-16,18-19,26H,3,5-7,11,17,20H2,(H,34,36)/t26-/m0/s1. The third-order valence-electron chi connectivity index (χ3n) is 7.14. The molecular formula is C30H29F3N2O3S2. The van der Waals surface area contributed by atoms with Gasteiger partial charge < -0.3 is 5.32 Å². The number of carbonyl (C=O) groups is 1. The third-order valence-corrected chi connectivity index (χ3v) is 10.6. The van der Waals surface area contributed by atoms with Crippen LogP contribution in [0.25, 0.3) is 10.1 Å². The second-order valence-electron chi connectivity index (χ2n) is 9.96. The summed E-state index contributed by atoms with van der Waals surface area (Å²) >= 11 is 1.22. The maximum absolute atomic E-state index is 13.4. The molecule has 1 atom stereocenters. The van der Waals surface area contributed by atoms with Crippen LogP contribution in [-0.4, -0.2) is 31.2 Å². The number of sulfonamides is 1. The van der Waals surface area contributed by atoms with Crippen molar-refractivity contribution in [1.82, 2.24) is 9.62 Å². The van der Waals surface area contributed by atoms with E-state index in [1.807, 2.05) is 48.5 Å². The van der Waals surface area contributed by atoms with Crippen LogP contribution in [0.15, 0.2) is 83.1 Å². The fourth-order valence-electron chi connectivity index (χ4n) is 5.05. The molecule has 0 saturated carbocycles. The molecule has 5 rings (SSSR count). The molecule has 1 aliphatic rings. The van der Waals surface area contributed by atoms with Gasteiger partial charge in [0.1, 0.15) is 10.3 Å². The molecule has 0 spiro atoms. The first-order valence-electron chi connectivity index (χ1n) is 13.1. The molecular weight excluding hydrogens is 557 g/mol. The molecule has 3 aromatic carbocycles. The summed E-state index contributed by atoms with van der Waals surface area (Å²) < 4.78 is 67.5. The Morgan fingerprint density at radius 1 is 0.925 bits per heavy atom. The predicted molar refractivity (Wildman–Crippen MR) is 150 cm³/mol. The first-order valence-corrected chi connectivity index (χ1v) is 15.4. The molecule has 1 amide bonds. The Hall–Kier alpha value is -3.21. The van der Waals surface area contributed by atoms with Crippen LogP contribution < -0.4 is 5.32 Å². The van der Waals surface area contributed by atoms with Gasteiger partial charge in [0.2, 0.25) is 5.91 Å². The van der Waals surface area contributed by atoms with Gasteiger partial charge in [0.05, 0.1) is 5.56 Å². The molecule has 0 unspecified atom stereocenters. The zero-order chi connectivity index (χ0) is 28.3. The highest BCUT2D eigenvalue weighted by atomic mass is 32.2. The molecule has 5 nitrogen and oxygen atoms in total. The van der Waals surface area contributed by atoms with E-state index in [4.69, 9.17) is 0 Å². The van der Waals surface area contributed by atoms with Gasteiger partial charge in [-0.15, -0.1) is 11.3 Å². The SMILES string of the molecule is O=C(NCc1cccc(CCCc2ccc(C(F)(F)F)cc2)c1)[C@@H]1CCCN1S(=O)(=O)c1cc2ccccc2s1. The lowest BCUT2D eigenvalue weighted by atomic mass is 10.0. The molecule has 1 aliphatic heterocycles. The molecule has 1 aromatic heterocycles. The normalized spacial score (nSPS) is 16.4. The molecule has 2 heterocycles. The van der Waals surface area contributed by atoms with Crippen LogP contribution in [0.5, 0.6) is 0 Å². The maximum Gasteiger partial charge on any atom is 0.416 e. The molecule has 1 fully saturated rings. The molecule has 210 valence electrons. The Bertz CT molecular complexity index is 1570. The molecule has 0 bridgehead atoms. The summed E-state index contributed by atoms with van der Waals surface area (Å²) in [5, 5.41) is 3.78. The Kier molecular flexibility index (Phi) is 8.30. The van der Waals surface area contributed by atoms with E-state index < -0.39 is 27.8 Å². The van der Waals surface area contributed by atoms with Crippen molar-refractivity contribution < 1.29 is 26.4 Å². The van der Waals surface area contributed by atoms with Gasteiger partial charge >= 0.3 is 6.18 Å². The van der Waals surface area contributed by atoms with E-state index in [2.05, 4.69) is 5.32 Å². The minimum absolute atomic E-state index is 0.248. The lowest BCUT2D eigenvalue weighted by molar-refractivity contribution is -0.137. The molecule has 1 saturated heterocycles. The van der Waals surface area contributed by atoms with Crippen molar-refractivity contribution in [3.8, 4) is 0 Å². The molecule has 4 aromatic rings. The number of alkyl halides is 3. The Labute approximate surface area is 235 Å². The smallest absolute Gasteiger partial charge is 0.351 e. The number of amides is 1. The fraction of sp³-hybridized carbons (Fsp3) is 0.300. The number of carbonyl (C=O) groups excluding carboxylic acids is 1. The van der Waals surface area contributed by atoms with Gasteiger partial charge in [-0.05, 0) is 78.4 Å². The van der Waals surface area contributed by atoms with Crippen LogP contribution in [0.2, 0.25) is 0 Å². The Balaban J connectivity index is 1.16. The topological polar surface area (TPSA) is 66.5 Å². The molecule has 1 N–H and O–H groups in total. The van der Waals surface area contributed by atoms with Crippen LogP contribution in [0.3, 0.4) is 0 Å². The minimum Gasteiger partial charge on any atom is -0.351 e. The van der Waals surface area contributed by atoms with Gasteiger partial charge in [0.15, 0.2) is 0 Å². The average Bonchev–Trinajstić information content (AvgIpc) is 3.61. The van der Waals surface area contributed by atoms with Crippen LogP contribution >= 0.6 is 11.3 Å². The van der Waals surface area contributed by atoms with Gasteiger partial charge in [-0.2, -0.15) is 17.5 Å². The Morgan fingerprint density at radius 3 is 2.40 bits per heavy atom. The first kappa shape index (κ1) is 28.3. The first-order chi connectivity index (χ1) is 19.1. The van der Waals surface area contributed by atoms with Crippen LogP contribution in [0.1, 0.15) is 41.5 Å². The van der Waals surface area contributed by atoms with E-state index >= 15 is 0 Å². The van der Waals surface area contributed by atoms with Gasteiger partial charge in [-0.3, -0.25) is 4.79 Å². The van der Waals surface area contributed by atoms with E-state index in [-0.39, 0.29) is 16.7 Å². The quantitative estimate of drug-likeness (QED) is 0.241. The summed E-state index contributed by atoms with van der Waals surface area (Å²) in [6.45, 7) is 0.585. The number of aryl methyl sites for hydroxylation is 2. The monoisotopic (exact) mass is 586 g/mol. The molecule has 0 radical (unpaired) electrons. The van der Waals surface area contributed by atoms with Gasteiger partial charge in [-0.25, -0.2) is 8.42 Å². The van der Waals surface area contributed by atoms with Crippen LogP contribution in [0, 0.1) is 0 Å². The second-order valence-corrected chi connectivity index (χ2v) is 13.2. The van der Waals surface area contributed by atoms with Crippen molar-refractivity contribution in [1.29, 1.82) is 0 Å². The number of rotatable bonds is 9. The summed E-state index contributed by atoms with van der Waals surface area (Å²) in [6.07, 6.45) is -1.07. The van der Waals surface area contributed by atoms with E-state index in [0.29, 0.717) is 25.8 Å². The molecule has 10 heteroatoms. The number of thiophene rings is 1. The molecule has 40 heavy (non-hydrogen) atoms. The summed E-state index contributed by atoms with van der Waals surface area (Å²) in [6, 6.07) is 21.5. The van der Waals surface area contributed by atoms with Crippen molar-refractivity contribution in [3.63, 3.8) is 0 Å². The van der Waals surface area contributed by atoms with Gasteiger partial charge in [0.25, 0.3) is 10.0 Å². The third kappa shape index (κ3) is 6.40. The number of nitrogens with one attached hydrogen (secondary N) is 1. The van der Waals surface area contributed by atoms with E-state index in [9.17, 15) is 26.4 Å². The zero-order valence-electron chi connectivity index (χ0n) is 21.7. The number of nitrogens with zero attached hydrogens (tertiary/aromatic N) is 1. The van der Waals surface area contributed by atoms with Crippen LogP contribution in [-0.2, 0) is 40.4 Å². The van der Waals surface area contributed by atoms with Crippen molar-refractivity contribution in [2.45, 2.75) is 55.1 Å². The second kappa shape index (κ2) is 11.7. The maximum atomic E-state index is 13.4. The summed E-state index contributed by atoms with van der Waals surface area (Å²) in [4.78, 5) is 13.1. The highest BCUT2D eigenvalue weighted by Gasteiger charge is 2.40. The van der Waals surface area contributed by atoms with Crippen molar-refractivity contribution >= 4 is 37.4 Å². The van der Waals surface area contributed by atoms with Gasteiger partial charge in [-0.1, -0.05) is 54.6 Å². The van der Waals surface area contributed by atoms with Crippen molar-refractivity contribution in [2.24, 2.45) is 0 Å². The number of halogens is 3. The largest absolute Gasteiger partial charge is 0.416 e. The number of benzene rings is 3. The highest BCUT2D eigenvalue weighted by molar-refractivity contribution is 7.91. The minimum atomic E-state index is -4.34.